The molecule has 0 atom stereocenters. The zero-order chi connectivity index (χ0) is 17.7. The van der Waals surface area contributed by atoms with E-state index in [9.17, 15) is 14.4 Å². The quantitative estimate of drug-likeness (QED) is 0.804. The molecule has 1 heterocycles. The average Bonchev–Trinajstić information content (AvgIpc) is 2.81. The van der Waals surface area contributed by atoms with Crippen molar-refractivity contribution >= 4 is 34.9 Å². The number of imide groups is 1. The van der Waals surface area contributed by atoms with Crippen LogP contribution in [-0.2, 0) is 16.0 Å². The van der Waals surface area contributed by atoms with Gasteiger partial charge in [-0.3, -0.25) is 19.3 Å². The van der Waals surface area contributed by atoms with Crippen molar-refractivity contribution in [2.45, 2.75) is 27.2 Å². The van der Waals surface area contributed by atoms with Crippen LogP contribution in [0.15, 0.2) is 29.2 Å². The molecule has 1 aromatic carbocycles. The average molecular weight is 346 g/mol. The predicted octanol–water partition coefficient (Wildman–Crippen LogP) is 3.06. The van der Waals surface area contributed by atoms with E-state index >= 15 is 0 Å². The number of nitrogens with zero attached hydrogens (tertiary/aromatic N) is 1. The van der Waals surface area contributed by atoms with Crippen LogP contribution in [0.3, 0.4) is 0 Å². The van der Waals surface area contributed by atoms with E-state index in [0.29, 0.717) is 17.4 Å². The van der Waals surface area contributed by atoms with E-state index in [1.165, 1.54) is 5.56 Å². The number of thioether (sulfide) groups is 1. The van der Waals surface area contributed by atoms with Crippen molar-refractivity contribution < 1.29 is 14.4 Å². The van der Waals surface area contributed by atoms with E-state index in [1.807, 2.05) is 38.1 Å². The van der Waals surface area contributed by atoms with Gasteiger partial charge in [-0.1, -0.05) is 45.0 Å². The number of hydrogen-bond donors (Lipinski definition) is 1. The number of amides is 3. The number of nitrogens with one attached hydrogen (secondary N) is 1. The Balaban J connectivity index is 2.04. The molecular weight excluding hydrogens is 324 g/mol. The fourth-order valence-corrected chi connectivity index (χ4v) is 2.99. The Bertz CT molecular complexity index is 665. The Morgan fingerprint density at radius 2 is 1.92 bits per heavy atom. The second kappa shape index (κ2) is 8.15. The Hall–Kier alpha value is -2.08. The summed E-state index contributed by atoms with van der Waals surface area (Å²) in [6.07, 6.45) is 2.64. The second-order valence-corrected chi connectivity index (χ2v) is 7.05. The van der Waals surface area contributed by atoms with Crippen molar-refractivity contribution in [2.75, 3.05) is 13.1 Å². The van der Waals surface area contributed by atoms with Crippen LogP contribution in [-0.4, -0.2) is 35.0 Å². The first kappa shape index (κ1) is 18.3. The minimum absolute atomic E-state index is 0.233. The van der Waals surface area contributed by atoms with Crippen LogP contribution in [0, 0.1) is 5.92 Å². The fraction of sp³-hybridized carbons (Fsp3) is 0.389. The Labute approximate surface area is 146 Å². The first-order valence-corrected chi connectivity index (χ1v) is 8.83. The summed E-state index contributed by atoms with van der Waals surface area (Å²) in [5.41, 5.74) is 2.07. The predicted molar refractivity (Wildman–Crippen MR) is 96.3 cm³/mol. The number of rotatable bonds is 6. The number of benzene rings is 1. The summed E-state index contributed by atoms with van der Waals surface area (Å²) < 4.78 is 0. The van der Waals surface area contributed by atoms with Crippen molar-refractivity contribution in [3.8, 4) is 0 Å². The first-order chi connectivity index (χ1) is 11.4. The molecule has 24 heavy (non-hydrogen) atoms. The number of hydrogen-bond acceptors (Lipinski definition) is 4. The summed E-state index contributed by atoms with van der Waals surface area (Å²) >= 11 is 0.871. The number of carbonyl (C=O) groups is 3. The SMILES string of the molecule is CCc1ccc(/C=C2\SC(=O)N(CC(=O)NCC(C)C)C2=O)cc1. The van der Waals surface area contributed by atoms with Crippen LogP contribution < -0.4 is 5.32 Å². The van der Waals surface area contributed by atoms with Crippen LogP contribution in [0.25, 0.3) is 6.08 Å². The van der Waals surface area contributed by atoms with Gasteiger partial charge in [-0.15, -0.1) is 0 Å². The normalized spacial score (nSPS) is 16.3. The molecule has 1 fully saturated rings. The third-order valence-electron chi connectivity index (χ3n) is 3.57. The molecule has 0 saturated carbocycles. The molecule has 1 aliphatic rings. The molecular formula is C18H22N2O3S. The lowest BCUT2D eigenvalue weighted by molar-refractivity contribution is -0.129. The van der Waals surface area contributed by atoms with Crippen molar-refractivity contribution in [2.24, 2.45) is 5.92 Å². The monoisotopic (exact) mass is 346 g/mol. The molecule has 0 aliphatic carbocycles. The smallest absolute Gasteiger partial charge is 0.294 e. The van der Waals surface area contributed by atoms with E-state index in [2.05, 4.69) is 12.2 Å². The molecule has 0 aromatic heterocycles. The highest BCUT2D eigenvalue weighted by Crippen LogP contribution is 2.31. The van der Waals surface area contributed by atoms with Gasteiger partial charge in [-0.05, 0) is 41.3 Å². The van der Waals surface area contributed by atoms with Crippen LogP contribution in [0.4, 0.5) is 4.79 Å². The highest BCUT2D eigenvalue weighted by atomic mass is 32.2. The van der Waals surface area contributed by atoms with Gasteiger partial charge in [-0.25, -0.2) is 0 Å². The summed E-state index contributed by atoms with van der Waals surface area (Å²) in [6.45, 7) is 6.32. The van der Waals surface area contributed by atoms with Gasteiger partial charge >= 0.3 is 0 Å². The Morgan fingerprint density at radius 1 is 1.25 bits per heavy atom. The van der Waals surface area contributed by atoms with E-state index in [-0.39, 0.29) is 12.5 Å². The van der Waals surface area contributed by atoms with E-state index in [1.54, 1.807) is 6.08 Å². The molecule has 3 amide bonds. The molecule has 1 aromatic rings. The standard InChI is InChI=1S/C18H22N2O3S/c1-4-13-5-7-14(8-6-13)9-15-17(22)20(18(23)24-15)11-16(21)19-10-12(2)3/h5-9,12H,4,10-11H2,1-3H3,(H,19,21)/b15-9-. The number of carbonyl (C=O) groups excluding carboxylic acids is 3. The first-order valence-electron chi connectivity index (χ1n) is 8.01. The van der Waals surface area contributed by atoms with E-state index < -0.39 is 11.1 Å². The molecule has 0 spiro atoms. The van der Waals surface area contributed by atoms with Crippen molar-refractivity contribution in [3.05, 3.63) is 40.3 Å². The van der Waals surface area contributed by atoms with Gasteiger partial charge in [0.15, 0.2) is 0 Å². The molecule has 0 radical (unpaired) electrons. The van der Waals surface area contributed by atoms with Crippen LogP contribution in [0.1, 0.15) is 31.9 Å². The largest absolute Gasteiger partial charge is 0.354 e. The van der Waals surface area contributed by atoms with Crippen LogP contribution in [0.5, 0.6) is 0 Å². The number of aryl methyl sites for hydroxylation is 1. The second-order valence-electron chi connectivity index (χ2n) is 6.06. The maximum Gasteiger partial charge on any atom is 0.294 e. The molecule has 128 valence electrons. The summed E-state index contributed by atoms with van der Waals surface area (Å²) in [6, 6.07) is 7.83. The molecule has 0 bridgehead atoms. The molecule has 1 saturated heterocycles. The third-order valence-corrected chi connectivity index (χ3v) is 4.48. The van der Waals surface area contributed by atoms with E-state index in [4.69, 9.17) is 0 Å². The van der Waals surface area contributed by atoms with Gasteiger partial charge < -0.3 is 5.32 Å². The van der Waals surface area contributed by atoms with Crippen molar-refractivity contribution in [3.63, 3.8) is 0 Å². The highest BCUT2D eigenvalue weighted by molar-refractivity contribution is 8.18. The van der Waals surface area contributed by atoms with Crippen LogP contribution in [0.2, 0.25) is 0 Å². The molecule has 1 aliphatic heterocycles. The zero-order valence-electron chi connectivity index (χ0n) is 14.2. The summed E-state index contributed by atoms with van der Waals surface area (Å²) in [5.74, 6) is -0.418. The highest BCUT2D eigenvalue weighted by Gasteiger charge is 2.36. The summed E-state index contributed by atoms with van der Waals surface area (Å²) in [5, 5.41) is 2.31. The topological polar surface area (TPSA) is 66.5 Å². The van der Waals surface area contributed by atoms with Crippen molar-refractivity contribution in [1.82, 2.24) is 10.2 Å². The van der Waals surface area contributed by atoms with E-state index in [0.717, 1.165) is 28.6 Å². The van der Waals surface area contributed by atoms with Gasteiger partial charge in [0.1, 0.15) is 6.54 Å². The summed E-state index contributed by atoms with van der Waals surface area (Å²) in [4.78, 5) is 37.5. The lowest BCUT2D eigenvalue weighted by Crippen LogP contribution is -2.40. The van der Waals surface area contributed by atoms with Crippen molar-refractivity contribution in [1.29, 1.82) is 0 Å². The lowest BCUT2D eigenvalue weighted by Gasteiger charge is -2.13. The fourth-order valence-electron chi connectivity index (χ4n) is 2.15. The lowest BCUT2D eigenvalue weighted by atomic mass is 10.1. The van der Waals surface area contributed by atoms with Crippen LogP contribution >= 0.6 is 11.8 Å². The Kier molecular flexibility index (Phi) is 6.20. The molecule has 6 heteroatoms. The Morgan fingerprint density at radius 3 is 2.50 bits per heavy atom. The van der Waals surface area contributed by atoms with Gasteiger partial charge in [0, 0.05) is 6.54 Å². The minimum Gasteiger partial charge on any atom is -0.354 e. The van der Waals surface area contributed by atoms with Gasteiger partial charge in [0.25, 0.3) is 11.1 Å². The molecule has 2 rings (SSSR count). The molecule has 5 nitrogen and oxygen atoms in total. The van der Waals surface area contributed by atoms with Gasteiger partial charge in [-0.2, -0.15) is 0 Å². The zero-order valence-corrected chi connectivity index (χ0v) is 15.0. The minimum atomic E-state index is -0.413. The van der Waals surface area contributed by atoms with Gasteiger partial charge in [0.2, 0.25) is 5.91 Å². The van der Waals surface area contributed by atoms with Gasteiger partial charge in [0.05, 0.1) is 4.91 Å². The summed E-state index contributed by atoms with van der Waals surface area (Å²) in [7, 11) is 0. The molecule has 1 N–H and O–H groups in total. The third kappa shape index (κ3) is 4.71. The maximum absolute atomic E-state index is 12.4. The maximum atomic E-state index is 12.4. The molecule has 0 unspecified atom stereocenters.